The van der Waals surface area contributed by atoms with Crippen LogP contribution in [-0.4, -0.2) is 9.97 Å². The van der Waals surface area contributed by atoms with Crippen molar-refractivity contribution in [3.05, 3.63) is 60.6 Å². The molecule has 96 valence electrons. The Morgan fingerprint density at radius 1 is 1.05 bits per heavy atom. The van der Waals surface area contributed by atoms with Crippen molar-refractivity contribution < 1.29 is 8.53 Å². The van der Waals surface area contributed by atoms with Gasteiger partial charge in [-0.2, -0.15) is 0 Å². The molecule has 0 bridgehead atoms. The van der Waals surface area contributed by atoms with Gasteiger partial charge in [0.2, 0.25) is 0 Å². The quantitative estimate of drug-likeness (QED) is 0.512. The van der Waals surface area contributed by atoms with Crippen LogP contribution in [0, 0.1) is 6.85 Å². The van der Waals surface area contributed by atoms with E-state index in [4.69, 9.17) is 8.53 Å². The predicted octanol–water partition coefficient (Wildman–Crippen LogP) is 4.35. The van der Waals surface area contributed by atoms with Gasteiger partial charge in [0, 0.05) is 32.8 Å². The third-order valence-electron chi connectivity index (χ3n) is 3.34. The van der Waals surface area contributed by atoms with E-state index in [-0.39, 0.29) is 5.56 Å². The summed E-state index contributed by atoms with van der Waals surface area (Å²) in [5.74, 6) is 0. The van der Waals surface area contributed by atoms with Gasteiger partial charge in [-0.3, -0.25) is 9.97 Å². The molecule has 0 fully saturated rings. The van der Waals surface area contributed by atoms with Crippen molar-refractivity contribution >= 4 is 21.9 Å². The lowest BCUT2D eigenvalue weighted by atomic mass is 10.1. The van der Waals surface area contributed by atoms with E-state index < -0.39 is 6.85 Å². The Balaban J connectivity index is 1.92. The molecule has 0 spiro atoms. The van der Waals surface area contributed by atoms with Crippen molar-refractivity contribution in [3.8, 4) is 11.3 Å². The molecule has 0 saturated carbocycles. The van der Waals surface area contributed by atoms with Gasteiger partial charge in [0.1, 0.15) is 5.58 Å². The van der Waals surface area contributed by atoms with E-state index in [1.807, 2.05) is 24.3 Å². The number of nitrogens with zero attached hydrogens (tertiary/aromatic N) is 2. The number of benzene rings is 1. The minimum atomic E-state index is -2.15. The van der Waals surface area contributed by atoms with Crippen LogP contribution < -0.4 is 0 Å². The number of fused-ring (bicyclic) bond motifs is 3. The normalized spacial score (nSPS) is 14.1. The molecule has 0 unspecified atom stereocenters. The Morgan fingerprint density at radius 2 is 2.05 bits per heavy atom. The molecular formula is C17H12N2O. The highest BCUT2D eigenvalue weighted by molar-refractivity contribution is 6.08. The van der Waals surface area contributed by atoms with Crippen molar-refractivity contribution in [1.82, 2.24) is 9.97 Å². The number of rotatable bonds is 1. The Morgan fingerprint density at radius 3 is 2.90 bits per heavy atom. The summed E-state index contributed by atoms with van der Waals surface area (Å²) >= 11 is 0. The van der Waals surface area contributed by atoms with Crippen molar-refractivity contribution in [3.63, 3.8) is 0 Å². The summed E-state index contributed by atoms with van der Waals surface area (Å²) in [6.45, 7) is -2.15. The zero-order valence-electron chi connectivity index (χ0n) is 13.5. The maximum Gasteiger partial charge on any atom is 0.153 e. The standard InChI is InChI=1S/C17H12N2O/c1-11-5-6-15(19-9-11)14-4-2-3-13-12-7-8-18-10-16(12)20-17(13)14/h2-10H,1H3/i1D3. The first-order valence-corrected chi connectivity index (χ1v) is 6.26. The van der Waals surface area contributed by atoms with Gasteiger partial charge in [-0.05, 0) is 30.6 Å². The second-order valence-electron chi connectivity index (χ2n) is 4.59. The van der Waals surface area contributed by atoms with E-state index in [0.717, 1.165) is 21.9 Å². The van der Waals surface area contributed by atoms with E-state index in [9.17, 15) is 0 Å². The number of aryl methyl sites for hydroxylation is 1. The molecule has 0 atom stereocenters. The smallest absolute Gasteiger partial charge is 0.153 e. The fraction of sp³-hybridized carbons (Fsp3) is 0.0588. The SMILES string of the molecule is [2H]C([2H])([2H])c1ccc(-c2cccc3c2oc2cnccc23)nc1. The Kier molecular flexibility index (Phi) is 1.77. The van der Waals surface area contributed by atoms with Crippen LogP contribution in [0.4, 0.5) is 0 Å². The van der Waals surface area contributed by atoms with E-state index in [1.165, 1.54) is 6.20 Å². The lowest BCUT2D eigenvalue weighted by molar-refractivity contribution is 0.667. The van der Waals surface area contributed by atoms with Crippen LogP contribution in [0.5, 0.6) is 0 Å². The molecule has 0 aliphatic rings. The lowest BCUT2D eigenvalue weighted by Crippen LogP contribution is -1.84. The highest BCUT2D eigenvalue weighted by Crippen LogP contribution is 2.34. The van der Waals surface area contributed by atoms with E-state index in [0.29, 0.717) is 11.3 Å². The number of aromatic nitrogens is 2. The summed E-state index contributed by atoms with van der Waals surface area (Å²) in [6.07, 6.45) is 4.81. The molecule has 3 aromatic heterocycles. The first-order valence-electron chi connectivity index (χ1n) is 7.76. The summed E-state index contributed by atoms with van der Waals surface area (Å²) < 4.78 is 28.2. The summed E-state index contributed by atoms with van der Waals surface area (Å²) in [5.41, 5.74) is 3.17. The Labute approximate surface area is 120 Å². The average molecular weight is 263 g/mol. The monoisotopic (exact) mass is 263 g/mol. The minimum Gasteiger partial charge on any atom is -0.454 e. The molecule has 20 heavy (non-hydrogen) atoms. The van der Waals surface area contributed by atoms with Crippen molar-refractivity contribution in [2.24, 2.45) is 0 Å². The summed E-state index contributed by atoms with van der Waals surface area (Å²) in [4.78, 5) is 8.38. The van der Waals surface area contributed by atoms with Gasteiger partial charge in [-0.1, -0.05) is 18.2 Å². The number of pyridine rings is 2. The third kappa shape index (κ3) is 1.60. The van der Waals surface area contributed by atoms with E-state index in [1.54, 1.807) is 24.5 Å². The molecule has 4 aromatic rings. The largest absolute Gasteiger partial charge is 0.454 e. The molecule has 0 aliphatic heterocycles. The molecule has 0 aliphatic carbocycles. The van der Waals surface area contributed by atoms with Crippen LogP contribution in [0.25, 0.3) is 33.2 Å². The van der Waals surface area contributed by atoms with Crippen LogP contribution in [-0.2, 0) is 0 Å². The van der Waals surface area contributed by atoms with E-state index in [2.05, 4.69) is 9.97 Å². The van der Waals surface area contributed by atoms with Crippen molar-refractivity contribution in [1.29, 1.82) is 0 Å². The van der Waals surface area contributed by atoms with Crippen molar-refractivity contribution in [2.75, 3.05) is 0 Å². The fourth-order valence-electron chi connectivity index (χ4n) is 2.41. The van der Waals surface area contributed by atoms with Crippen LogP contribution in [0.3, 0.4) is 0 Å². The predicted molar refractivity (Wildman–Crippen MR) is 79.5 cm³/mol. The third-order valence-corrected chi connectivity index (χ3v) is 3.34. The first kappa shape index (κ1) is 8.48. The molecule has 4 rings (SSSR count). The Hall–Kier alpha value is -2.68. The highest BCUT2D eigenvalue weighted by Gasteiger charge is 2.12. The van der Waals surface area contributed by atoms with Crippen LogP contribution >= 0.6 is 0 Å². The highest BCUT2D eigenvalue weighted by atomic mass is 16.3. The molecule has 1 aromatic carbocycles. The zero-order chi connectivity index (χ0) is 16.0. The average Bonchev–Trinajstić information content (AvgIpc) is 2.93. The van der Waals surface area contributed by atoms with Gasteiger partial charge >= 0.3 is 0 Å². The molecule has 3 heteroatoms. The topological polar surface area (TPSA) is 38.9 Å². The molecule has 3 heterocycles. The molecule has 0 N–H and O–H groups in total. The van der Waals surface area contributed by atoms with Gasteiger partial charge in [0.15, 0.2) is 5.58 Å². The summed E-state index contributed by atoms with van der Waals surface area (Å²) in [6, 6.07) is 11.0. The molecule has 0 saturated heterocycles. The van der Waals surface area contributed by atoms with Gasteiger partial charge in [0.25, 0.3) is 0 Å². The van der Waals surface area contributed by atoms with Gasteiger partial charge in [-0.15, -0.1) is 0 Å². The van der Waals surface area contributed by atoms with Gasteiger partial charge in [0.05, 0.1) is 11.9 Å². The minimum absolute atomic E-state index is 0.224. The second-order valence-corrected chi connectivity index (χ2v) is 4.59. The molecular weight excluding hydrogens is 248 g/mol. The Bertz CT molecular complexity index is 1000. The fourth-order valence-corrected chi connectivity index (χ4v) is 2.41. The second kappa shape index (κ2) is 4.17. The number of para-hydroxylation sites is 1. The summed E-state index contributed by atoms with van der Waals surface area (Å²) in [7, 11) is 0. The van der Waals surface area contributed by atoms with E-state index >= 15 is 0 Å². The lowest BCUT2D eigenvalue weighted by Gasteiger charge is -2.02. The van der Waals surface area contributed by atoms with Gasteiger partial charge in [-0.25, -0.2) is 0 Å². The van der Waals surface area contributed by atoms with Gasteiger partial charge < -0.3 is 4.42 Å². The maximum absolute atomic E-state index is 7.42. The summed E-state index contributed by atoms with van der Waals surface area (Å²) in [5, 5.41) is 1.98. The first-order chi connectivity index (χ1) is 11.0. The van der Waals surface area contributed by atoms with Crippen LogP contribution in [0.1, 0.15) is 9.68 Å². The molecule has 0 amide bonds. The maximum atomic E-state index is 7.42. The zero-order valence-corrected chi connectivity index (χ0v) is 10.5. The van der Waals surface area contributed by atoms with Crippen LogP contribution in [0.2, 0.25) is 0 Å². The number of hydrogen-bond donors (Lipinski definition) is 0. The number of hydrogen-bond acceptors (Lipinski definition) is 3. The van der Waals surface area contributed by atoms with Crippen molar-refractivity contribution in [2.45, 2.75) is 6.85 Å². The molecule has 3 nitrogen and oxygen atoms in total. The van der Waals surface area contributed by atoms with Crippen LogP contribution in [0.15, 0.2) is 59.4 Å². The number of furan rings is 1. The molecule has 0 radical (unpaired) electrons.